The summed E-state index contributed by atoms with van der Waals surface area (Å²) in [4.78, 5) is 26.4. The molecule has 0 bridgehead atoms. The van der Waals surface area contributed by atoms with Gasteiger partial charge in [-0.15, -0.1) is 0 Å². The van der Waals surface area contributed by atoms with E-state index in [0.29, 0.717) is 13.0 Å². The number of nitrogens with zero attached hydrogens (tertiary/aromatic N) is 3. The van der Waals surface area contributed by atoms with Crippen molar-refractivity contribution in [3.63, 3.8) is 0 Å². The quantitative estimate of drug-likeness (QED) is 0.889. The number of hydrogen-bond donors (Lipinski definition) is 1. The molecule has 21 heavy (non-hydrogen) atoms. The Morgan fingerprint density at radius 3 is 2.71 bits per heavy atom. The number of rotatable bonds is 4. The highest BCUT2D eigenvalue weighted by Gasteiger charge is 2.35. The molecule has 1 fully saturated rings. The molecule has 0 spiro atoms. The molecule has 2 unspecified atom stereocenters. The van der Waals surface area contributed by atoms with Crippen molar-refractivity contribution in [2.75, 3.05) is 6.54 Å². The van der Waals surface area contributed by atoms with Crippen LogP contribution >= 0.6 is 0 Å². The summed E-state index contributed by atoms with van der Waals surface area (Å²) in [6.07, 6.45) is 2.86. The molecule has 0 aliphatic carbocycles. The Kier molecular flexibility index (Phi) is 4.65. The summed E-state index contributed by atoms with van der Waals surface area (Å²) < 4.78 is 1.82. The normalized spacial score (nSPS) is 23.4. The number of carbonyl (C=O) groups excluding carboxylic acids is 2. The SMILES string of the molecule is CC(C)C1NC(=O)CC(C)N(CCc2ccnn2C)C1=O. The molecule has 1 saturated heterocycles. The van der Waals surface area contributed by atoms with Crippen LogP contribution in [0.2, 0.25) is 0 Å². The van der Waals surface area contributed by atoms with Gasteiger partial charge in [-0.3, -0.25) is 14.3 Å². The minimum atomic E-state index is -0.422. The van der Waals surface area contributed by atoms with E-state index in [2.05, 4.69) is 10.4 Å². The standard InChI is InChI=1S/C15H24N4O2/c1-10(2)14-15(21)19(11(3)9-13(20)17-14)8-6-12-5-7-16-18(12)4/h5,7,10-11,14H,6,8-9H2,1-4H3,(H,17,20). The molecule has 1 aromatic heterocycles. The molecule has 2 heterocycles. The average molecular weight is 292 g/mol. The van der Waals surface area contributed by atoms with Gasteiger partial charge in [0.2, 0.25) is 11.8 Å². The summed E-state index contributed by atoms with van der Waals surface area (Å²) in [6.45, 7) is 6.46. The van der Waals surface area contributed by atoms with Crippen LogP contribution in [0.25, 0.3) is 0 Å². The van der Waals surface area contributed by atoms with E-state index in [0.717, 1.165) is 12.1 Å². The van der Waals surface area contributed by atoms with Crippen LogP contribution < -0.4 is 5.32 Å². The Morgan fingerprint density at radius 2 is 2.14 bits per heavy atom. The number of hydrogen-bond acceptors (Lipinski definition) is 3. The van der Waals surface area contributed by atoms with E-state index in [-0.39, 0.29) is 23.8 Å². The van der Waals surface area contributed by atoms with Crippen LogP contribution in [-0.4, -0.2) is 45.1 Å². The first kappa shape index (κ1) is 15.5. The largest absolute Gasteiger partial charge is 0.344 e. The predicted octanol–water partition coefficient (Wildman–Crippen LogP) is 0.724. The van der Waals surface area contributed by atoms with Crippen LogP contribution in [0.3, 0.4) is 0 Å². The lowest BCUT2D eigenvalue weighted by Crippen LogP contribution is -2.49. The third-order valence-electron chi connectivity index (χ3n) is 4.08. The van der Waals surface area contributed by atoms with Gasteiger partial charge < -0.3 is 10.2 Å². The summed E-state index contributed by atoms with van der Waals surface area (Å²) in [7, 11) is 1.89. The molecule has 0 saturated carbocycles. The second-order valence-corrected chi connectivity index (χ2v) is 6.07. The summed E-state index contributed by atoms with van der Waals surface area (Å²) in [5, 5.41) is 6.98. The molecular weight excluding hydrogens is 268 g/mol. The Morgan fingerprint density at radius 1 is 1.43 bits per heavy atom. The number of nitrogens with one attached hydrogen (secondary N) is 1. The highest BCUT2D eigenvalue weighted by Crippen LogP contribution is 2.16. The van der Waals surface area contributed by atoms with Crippen molar-refractivity contribution < 1.29 is 9.59 Å². The average Bonchev–Trinajstić information content (AvgIpc) is 2.76. The van der Waals surface area contributed by atoms with Gasteiger partial charge in [-0.2, -0.15) is 5.10 Å². The first-order valence-electron chi connectivity index (χ1n) is 7.47. The van der Waals surface area contributed by atoms with Crippen LogP contribution in [0.1, 0.15) is 32.9 Å². The van der Waals surface area contributed by atoms with E-state index >= 15 is 0 Å². The molecule has 2 amide bonds. The molecule has 1 aromatic rings. The summed E-state index contributed by atoms with van der Waals surface area (Å²) in [6, 6.07) is 1.46. The van der Waals surface area contributed by atoms with E-state index in [1.807, 2.05) is 43.5 Å². The van der Waals surface area contributed by atoms with E-state index in [1.54, 1.807) is 6.20 Å². The second-order valence-electron chi connectivity index (χ2n) is 6.07. The maximum absolute atomic E-state index is 12.7. The maximum atomic E-state index is 12.7. The fourth-order valence-electron chi connectivity index (χ4n) is 2.73. The van der Waals surface area contributed by atoms with E-state index in [9.17, 15) is 9.59 Å². The molecule has 2 rings (SSSR count). The lowest BCUT2D eigenvalue weighted by atomic mass is 10.0. The number of aryl methyl sites for hydroxylation is 1. The van der Waals surface area contributed by atoms with Crippen molar-refractivity contribution in [3.8, 4) is 0 Å². The summed E-state index contributed by atoms with van der Waals surface area (Å²) in [5.41, 5.74) is 1.08. The molecule has 6 heteroatoms. The molecule has 2 atom stereocenters. The van der Waals surface area contributed by atoms with Gasteiger partial charge in [-0.1, -0.05) is 13.8 Å². The van der Waals surface area contributed by atoms with Gasteiger partial charge in [0.05, 0.1) is 0 Å². The fourth-order valence-corrected chi connectivity index (χ4v) is 2.73. The van der Waals surface area contributed by atoms with Gasteiger partial charge in [0, 0.05) is 44.4 Å². The van der Waals surface area contributed by atoms with Crippen LogP contribution in [0.15, 0.2) is 12.3 Å². The topological polar surface area (TPSA) is 67.2 Å². The summed E-state index contributed by atoms with van der Waals surface area (Å²) >= 11 is 0. The Balaban J connectivity index is 2.12. The van der Waals surface area contributed by atoms with Crippen LogP contribution in [0.5, 0.6) is 0 Å². The molecule has 1 aliphatic rings. The van der Waals surface area contributed by atoms with Gasteiger partial charge in [0.25, 0.3) is 0 Å². The molecule has 0 radical (unpaired) electrons. The molecular formula is C15H24N4O2. The van der Waals surface area contributed by atoms with E-state index in [4.69, 9.17) is 0 Å². The third kappa shape index (κ3) is 3.43. The third-order valence-corrected chi connectivity index (χ3v) is 4.08. The monoisotopic (exact) mass is 292 g/mol. The lowest BCUT2D eigenvalue weighted by Gasteiger charge is -2.30. The molecule has 0 aromatic carbocycles. The van der Waals surface area contributed by atoms with Crippen LogP contribution in [-0.2, 0) is 23.1 Å². The maximum Gasteiger partial charge on any atom is 0.245 e. The van der Waals surface area contributed by atoms with Gasteiger partial charge in [0.15, 0.2) is 0 Å². The molecule has 1 N–H and O–H groups in total. The molecule has 1 aliphatic heterocycles. The Hall–Kier alpha value is -1.85. The van der Waals surface area contributed by atoms with Crippen molar-refractivity contribution in [1.29, 1.82) is 0 Å². The summed E-state index contributed by atoms with van der Waals surface area (Å²) in [5.74, 6) is 0.0639. The Labute approximate surface area is 125 Å². The minimum absolute atomic E-state index is 0.0190. The number of amides is 2. The van der Waals surface area contributed by atoms with Crippen molar-refractivity contribution in [3.05, 3.63) is 18.0 Å². The van der Waals surface area contributed by atoms with E-state index < -0.39 is 6.04 Å². The van der Waals surface area contributed by atoms with Crippen molar-refractivity contribution in [1.82, 2.24) is 20.0 Å². The van der Waals surface area contributed by atoms with Crippen molar-refractivity contribution >= 4 is 11.8 Å². The smallest absolute Gasteiger partial charge is 0.245 e. The van der Waals surface area contributed by atoms with E-state index in [1.165, 1.54) is 0 Å². The van der Waals surface area contributed by atoms with Crippen molar-refractivity contribution in [2.24, 2.45) is 13.0 Å². The second kappa shape index (κ2) is 6.28. The van der Waals surface area contributed by atoms with Gasteiger partial charge in [-0.25, -0.2) is 0 Å². The van der Waals surface area contributed by atoms with Crippen LogP contribution in [0.4, 0.5) is 0 Å². The first-order chi connectivity index (χ1) is 9.90. The van der Waals surface area contributed by atoms with Gasteiger partial charge in [-0.05, 0) is 18.9 Å². The number of aromatic nitrogens is 2. The zero-order valence-corrected chi connectivity index (χ0v) is 13.2. The number of carbonyl (C=O) groups is 2. The zero-order valence-electron chi connectivity index (χ0n) is 13.2. The van der Waals surface area contributed by atoms with Gasteiger partial charge in [0.1, 0.15) is 6.04 Å². The highest BCUT2D eigenvalue weighted by atomic mass is 16.2. The predicted molar refractivity (Wildman–Crippen MR) is 79.5 cm³/mol. The lowest BCUT2D eigenvalue weighted by molar-refractivity contribution is -0.136. The first-order valence-corrected chi connectivity index (χ1v) is 7.47. The minimum Gasteiger partial charge on any atom is -0.344 e. The zero-order chi connectivity index (χ0) is 15.6. The Bertz CT molecular complexity index is 523. The highest BCUT2D eigenvalue weighted by molar-refractivity contribution is 5.90. The molecule has 6 nitrogen and oxygen atoms in total. The fraction of sp³-hybridized carbons (Fsp3) is 0.667. The molecule has 116 valence electrons. The van der Waals surface area contributed by atoms with Crippen LogP contribution in [0, 0.1) is 5.92 Å². The van der Waals surface area contributed by atoms with Crippen molar-refractivity contribution in [2.45, 2.75) is 45.7 Å². The van der Waals surface area contributed by atoms with Gasteiger partial charge >= 0.3 is 0 Å².